The van der Waals surface area contributed by atoms with Crippen LogP contribution in [0.5, 0.6) is 0 Å². The van der Waals surface area contributed by atoms with Crippen molar-refractivity contribution >= 4 is 21.6 Å². The number of anilines is 1. The fraction of sp³-hybridized carbons (Fsp3) is 0.533. The second kappa shape index (κ2) is 5.64. The first-order valence-corrected chi connectivity index (χ1v) is 9.02. The zero-order valence-electron chi connectivity index (χ0n) is 12.8. The highest BCUT2D eigenvalue weighted by Crippen LogP contribution is 2.33. The number of fused-ring (bicyclic) bond motifs is 1. The van der Waals surface area contributed by atoms with Gasteiger partial charge < -0.3 is 10.2 Å². The van der Waals surface area contributed by atoms with Gasteiger partial charge in [-0.15, -0.1) is 0 Å². The number of carbonyl (C=O) groups is 1. The summed E-state index contributed by atoms with van der Waals surface area (Å²) < 4.78 is 27.7. The molecule has 0 spiro atoms. The summed E-state index contributed by atoms with van der Waals surface area (Å²) in [5.74, 6) is -0.0167. The number of benzene rings is 1. The third-order valence-electron chi connectivity index (χ3n) is 4.30. The van der Waals surface area contributed by atoms with Crippen LogP contribution in [-0.2, 0) is 21.2 Å². The van der Waals surface area contributed by atoms with Crippen molar-refractivity contribution in [1.82, 2.24) is 10.0 Å². The Bertz CT molecular complexity index is 696. The maximum atomic E-state index is 12.5. The van der Waals surface area contributed by atoms with Crippen molar-refractivity contribution in [3.63, 3.8) is 0 Å². The van der Waals surface area contributed by atoms with Crippen LogP contribution in [0, 0.1) is 0 Å². The molecular formula is C15H21N3O3S. The number of rotatable bonds is 3. The topological polar surface area (TPSA) is 78.5 Å². The summed E-state index contributed by atoms with van der Waals surface area (Å²) in [4.78, 5) is 13.7. The van der Waals surface area contributed by atoms with Crippen LogP contribution >= 0.6 is 0 Å². The Balaban J connectivity index is 1.88. The summed E-state index contributed by atoms with van der Waals surface area (Å²) in [6, 6.07) is 5.03. The van der Waals surface area contributed by atoms with Gasteiger partial charge in [-0.3, -0.25) is 4.79 Å². The molecule has 0 aromatic heterocycles. The fourth-order valence-electron chi connectivity index (χ4n) is 3.30. The smallest absolute Gasteiger partial charge is 0.240 e. The molecule has 7 heteroatoms. The number of hydrogen-bond donors (Lipinski definition) is 2. The van der Waals surface area contributed by atoms with E-state index in [0.29, 0.717) is 13.0 Å². The highest BCUT2D eigenvalue weighted by Gasteiger charge is 2.31. The van der Waals surface area contributed by atoms with Crippen LogP contribution in [0.15, 0.2) is 23.1 Å². The van der Waals surface area contributed by atoms with Crippen LogP contribution in [-0.4, -0.2) is 39.5 Å². The molecule has 1 fully saturated rings. The van der Waals surface area contributed by atoms with Crippen LogP contribution in [0.1, 0.15) is 25.8 Å². The van der Waals surface area contributed by atoms with E-state index < -0.39 is 10.0 Å². The van der Waals surface area contributed by atoms with E-state index in [4.69, 9.17) is 0 Å². The van der Waals surface area contributed by atoms with E-state index in [1.165, 1.54) is 6.92 Å². The van der Waals surface area contributed by atoms with Gasteiger partial charge >= 0.3 is 0 Å². The zero-order valence-corrected chi connectivity index (χ0v) is 13.6. The molecular weight excluding hydrogens is 302 g/mol. The minimum atomic E-state index is -3.51. The van der Waals surface area contributed by atoms with Gasteiger partial charge in [0.05, 0.1) is 4.90 Å². The molecule has 2 aliphatic rings. The molecule has 22 heavy (non-hydrogen) atoms. The highest BCUT2D eigenvalue weighted by molar-refractivity contribution is 7.89. The van der Waals surface area contributed by atoms with Gasteiger partial charge in [-0.25, -0.2) is 13.1 Å². The van der Waals surface area contributed by atoms with E-state index in [2.05, 4.69) is 10.0 Å². The molecule has 0 bridgehead atoms. The summed E-state index contributed by atoms with van der Waals surface area (Å²) in [6.45, 7) is 5.00. The molecule has 1 saturated heterocycles. The molecule has 6 nitrogen and oxygen atoms in total. The molecule has 0 aliphatic carbocycles. The normalized spacial score (nSPS) is 24.5. The van der Waals surface area contributed by atoms with Gasteiger partial charge in [0.15, 0.2) is 0 Å². The van der Waals surface area contributed by atoms with Crippen LogP contribution in [0.3, 0.4) is 0 Å². The lowest BCUT2D eigenvalue weighted by Gasteiger charge is -2.20. The second-order valence-electron chi connectivity index (χ2n) is 6.04. The molecule has 1 amide bonds. The lowest BCUT2D eigenvalue weighted by atomic mass is 10.1. The number of nitrogens with zero attached hydrogens (tertiary/aromatic N) is 1. The Morgan fingerprint density at radius 3 is 2.82 bits per heavy atom. The molecule has 0 radical (unpaired) electrons. The van der Waals surface area contributed by atoms with Crippen molar-refractivity contribution in [3.8, 4) is 0 Å². The molecule has 3 rings (SSSR count). The fourth-order valence-corrected chi connectivity index (χ4v) is 4.62. The summed E-state index contributed by atoms with van der Waals surface area (Å²) in [5.41, 5.74) is 1.73. The van der Waals surface area contributed by atoms with E-state index in [0.717, 1.165) is 24.2 Å². The van der Waals surface area contributed by atoms with Gasteiger partial charge in [0.1, 0.15) is 0 Å². The standard InChI is InChI=1S/C15H21N3O3S/c1-10-7-12-8-14(3-4-15(12)18(10)11(2)19)22(20,21)17-13-5-6-16-9-13/h3-4,8,10,13,16-17H,5-7,9H2,1-2H3. The maximum Gasteiger partial charge on any atom is 0.240 e. The van der Waals surface area contributed by atoms with Crippen molar-refractivity contribution in [3.05, 3.63) is 23.8 Å². The van der Waals surface area contributed by atoms with Gasteiger partial charge in [-0.05, 0) is 50.1 Å². The second-order valence-corrected chi connectivity index (χ2v) is 7.76. The molecule has 2 atom stereocenters. The molecule has 1 aromatic rings. The first-order valence-electron chi connectivity index (χ1n) is 7.54. The quantitative estimate of drug-likeness (QED) is 0.855. The third kappa shape index (κ3) is 2.76. The van der Waals surface area contributed by atoms with E-state index >= 15 is 0 Å². The number of sulfonamides is 1. The van der Waals surface area contributed by atoms with Gasteiger partial charge in [0.2, 0.25) is 15.9 Å². The molecule has 120 valence electrons. The van der Waals surface area contributed by atoms with Gasteiger partial charge in [0, 0.05) is 31.2 Å². The summed E-state index contributed by atoms with van der Waals surface area (Å²) in [6.07, 6.45) is 1.49. The lowest BCUT2D eigenvalue weighted by molar-refractivity contribution is -0.116. The van der Waals surface area contributed by atoms with E-state index in [-0.39, 0.29) is 22.9 Å². The van der Waals surface area contributed by atoms with Crippen LogP contribution in [0.2, 0.25) is 0 Å². The van der Waals surface area contributed by atoms with Crippen LogP contribution in [0.25, 0.3) is 0 Å². The van der Waals surface area contributed by atoms with Crippen LogP contribution in [0.4, 0.5) is 5.69 Å². The Hall–Kier alpha value is -1.44. The monoisotopic (exact) mass is 323 g/mol. The van der Waals surface area contributed by atoms with E-state index in [1.54, 1.807) is 23.1 Å². The molecule has 0 saturated carbocycles. The Kier molecular flexibility index (Phi) is 3.96. The number of carbonyl (C=O) groups excluding carboxylic acids is 1. The van der Waals surface area contributed by atoms with Crippen molar-refractivity contribution in [1.29, 1.82) is 0 Å². The van der Waals surface area contributed by atoms with Crippen LogP contribution < -0.4 is 14.9 Å². The average molecular weight is 323 g/mol. The highest BCUT2D eigenvalue weighted by atomic mass is 32.2. The number of hydrogen-bond acceptors (Lipinski definition) is 4. The SMILES string of the molecule is CC(=O)N1c2ccc(S(=O)(=O)NC3CCNC3)cc2CC1C. The first kappa shape index (κ1) is 15.5. The molecule has 2 aliphatic heterocycles. The van der Waals surface area contributed by atoms with Crippen molar-refractivity contribution in [2.45, 2.75) is 43.7 Å². The summed E-state index contributed by atoms with van der Waals surface area (Å²) in [7, 11) is -3.51. The number of nitrogens with one attached hydrogen (secondary N) is 2. The predicted octanol–water partition coefficient (Wildman–Crippen LogP) is 0.624. The van der Waals surface area contributed by atoms with E-state index in [9.17, 15) is 13.2 Å². The zero-order chi connectivity index (χ0) is 15.9. The molecule has 1 aromatic carbocycles. The van der Waals surface area contributed by atoms with Crippen molar-refractivity contribution < 1.29 is 13.2 Å². The van der Waals surface area contributed by atoms with E-state index in [1.807, 2.05) is 6.92 Å². The van der Waals surface area contributed by atoms with Gasteiger partial charge in [0.25, 0.3) is 0 Å². The summed E-state index contributed by atoms with van der Waals surface area (Å²) >= 11 is 0. The largest absolute Gasteiger partial charge is 0.315 e. The molecule has 2 unspecified atom stereocenters. The Labute approximate surface area is 130 Å². The molecule has 2 heterocycles. The Morgan fingerprint density at radius 2 is 2.18 bits per heavy atom. The third-order valence-corrected chi connectivity index (χ3v) is 5.82. The average Bonchev–Trinajstić information content (AvgIpc) is 3.03. The lowest BCUT2D eigenvalue weighted by Crippen LogP contribution is -2.36. The summed E-state index contributed by atoms with van der Waals surface area (Å²) in [5, 5.41) is 3.14. The predicted molar refractivity (Wildman–Crippen MR) is 84.4 cm³/mol. The first-order chi connectivity index (χ1) is 10.4. The maximum absolute atomic E-state index is 12.5. The van der Waals surface area contributed by atoms with Crippen molar-refractivity contribution in [2.24, 2.45) is 0 Å². The molecule has 2 N–H and O–H groups in total. The number of amides is 1. The minimum Gasteiger partial charge on any atom is -0.315 e. The van der Waals surface area contributed by atoms with Gasteiger partial charge in [-0.2, -0.15) is 0 Å². The van der Waals surface area contributed by atoms with Crippen molar-refractivity contribution in [2.75, 3.05) is 18.0 Å². The minimum absolute atomic E-state index is 0.0167. The Morgan fingerprint density at radius 1 is 1.41 bits per heavy atom. The van der Waals surface area contributed by atoms with Gasteiger partial charge in [-0.1, -0.05) is 0 Å².